The van der Waals surface area contributed by atoms with Gasteiger partial charge < -0.3 is 0 Å². The lowest BCUT2D eigenvalue weighted by Crippen LogP contribution is -2.03. The van der Waals surface area contributed by atoms with E-state index in [9.17, 15) is 0 Å². The maximum absolute atomic E-state index is 2.34. The lowest BCUT2D eigenvalue weighted by molar-refractivity contribution is 0.359. The minimum atomic E-state index is 0.879. The Kier molecular flexibility index (Phi) is 4.94. The van der Waals surface area contributed by atoms with Gasteiger partial charge in [0.1, 0.15) is 0 Å². The minimum absolute atomic E-state index is 0.879. The molecule has 0 N–H and O–H groups in total. The van der Waals surface area contributed by atoms with Crippen LogP contribution in [0.15, 0.2) is 0 Å². The molecule has 3 unspecified atom stereocenters. The zero-order chi connectivity index (χ0) is 12.1. The highest BCUT2D eigenvalue weighted by Gasteiger charge is 2.58. The molecular formula is C17H32. The molecule has 100 valence electrons. The van der Waals surface area contributed by atoms with Crippen LogP contribution in [0.3, 0.4) is 0 Å². The van der Waals surface area contributed by atoms with Crippen LogP contribution < -0.4 is 0 Å². The Balaban J connectivity index is 1.56. The van der Waals surface area contributed by atoms with Gasteiger partial charge in [0.15, 0.2) is 0 Å². The molecule has 0 spiro atoms. The zero-order valence-electron chi connectivity index (χ0n) is 12.1. The van der Waals surface area contributed by atoms with E-state index in [0.29, 0.717) is 0 Å². The first-order chi connectivity index (χ1) is 8.30. The lowest BCUT2D eigenvalue weighted by Gasteiger charge is -2.16. The van der Waals surface area contributed by atoms with Gasteiger partial charge >= 0.3 is 0 Å². The summed E-state index contributed by atoms with van der Waals surface area (Å²) >= 11 is 0. The highest BCUT2D eigenvalue weighted by Crippen LogP contribution is 2.68. The Morgan fingerprint density at radius 3 is 2.41 bits per heavy atom. The number of fused-ring (bicyclic) bond motifs is 1. The largest absolute Gasteiger partial charge is 0.0654 e. The highest BCUT2D eigenvalue weighted by molar-refractivity contribution is 5.08. The maximum atomic E-state index is 2.34. The summed E-state index contributed by atoms with van der Waals surface area (Å²) < 4.78 is 0. The number of unbranched alkanes of at least 4 members (excludes halogenated alkanes) is 5. The second kappa shape index (κ2) is 6.25. The smallest absolute Gasteiger partial charge is 0.0263 e. The van der Waals surface area contributed by atoms with E-state index in [2.05, 4.69) is 13.8 Å². The van der Waals surface area contributed by atoms with Gasteiger partial charge in [-0.05, 0) is 42.9 Å². The molecule has 0 heteroatoms. The zero-order valence-corrected chi connectivity index (χ0v) is 12.1. The van der Waals surface area contributed by atoms with E-state index in [1.165, 1.54) is 44.9 Å². The standard InChI is InChI=1S/C17H32/c1-3-5-7-8-9-10-15-12-16-14-17(16,13-15)11-6-4-2/h15-16H,3-14H2,1-2H3. The van der Waals surface area contributed by atoms with Crippen LogP contribution in [-0.2, 0) is 0 Å². The summed E-state index contributed by atoms with van der Waals surface area (Å²) in [6, 6.07) is 0. The molecule has 0 aliphatic heterocycles. The molecule has 2 fully saturated rings. The molecule has 3 atom stereocenters. The summed E-state index contributed by atoms with van der Waals surface area (Å²) in [4.78, 5) is 0. The summed E-state index contributed by atoms with van der Waals surface area (Å²) in [7, 11) is 0. The molecule has 0 nitrogen and oxygen atoms in total. The van der Waals surface area contributed by atoms with Crippen LogP contribution >= 0.6 is 0 Å². The van der Waals surface area contributed by atoms with E-state index >= 15 is 0 Å². The van der Waals surface area contributed by atoms with E-state index in [-0.39, 0.29) is 0 Å². The van der Waals surface area contributed by atoms with Gasteiger partial charge in [-0.1, -0.05) is 65.2 Å². The van der Waals surface area contributed by atoms with Crippen LogP contribution in [0.2, 0.25) is 0 Å². The summed E-state index contributed by atoms with van der Waals surface area (Å²) in [5.41, 5.74) is 0.879. The van der Waals surface area contributed by atoms with Gasteiger partial charge in [-0.15, -0.1) is 0 Å². The van der Waals surface area contributed by atoms with Crippen molar-refractivity contribution in [2.45, 2.75) is 90.9 Å². The molecule has 2 aliphatic carbocycles. The fourth-order valence-electron chi connectivity index (χ4n) is 4.27. The number of hydrogen-bond acceptors (Lipinski definition) is 0. The van der Waals surface area contributed by atoms with Crippen molar-refractivity contribution < 1.29 is 0 Å². The summed E-state index contributed by atoms with van der Waals surface area (Å²) in [5, 5.41) is 0. The van der Waals surface area contributed by atoms with Crippen LogP contribution in [0.25, 0.3) is 0 Å². The third kappa shape index (κ3) is 3.48. The molecule has 0 saturated heterocycles. The summed E-state index contributed by atoms with van der Waals surface area (Å²) in [5.74, 6) is 2.28. The average Bonchev–Trinajstić information content (AvgIpc) is 2.89. The van der Waals surface area contributed by atoms with Gasteiger partial charge in [-0.3, -0.25) is 0 Å². The molecule has 0 amide bonds. The van der Waals surface area contributed by atoms with Gasteiger partial charge in [0, 0.05) is 0 Å². The molecular weight excluding hydrogens is 204 g/mol. The van der Waals surface area contributed by atoms with Crippen molar-refractivity contribution in [2.24, 2.45) is 17.3 Å². The molecule has 0 aromatic carbocycles. The van der Waals surface area contributed by atoms with Crippen molar-refractivity contribution in [3.63, 3.8) is 0 Å². The van der Waals surface area contributed by atoms with Crippen LogP contribution in [0.4, 0.5) is 0 Å². The second-order valence-corrected chi connectivity index (χ2v) is 6.88. The molecule has 2 aliphatic rings. The van der Waals surface area contributed by atoms with Crippen LogP contribution in [-0.4, -0.2) is 0 Å². The maximum Gasteiger partial charge on any atom is -0.0263 e. The molecule has 2 saturated carbocycles. The van der Waals surface area contributed by atoms with Crippen LogP contribution in [0, 0.1) is 17.3 Å². The Bertz CT molecular complexity index is 220. The van der Waals surface area contributed by atoms with E-state index in [4.69, 9.17) is 0 Å². The quantitative estimate of drug-likeness (QED) is 0.434. The number of rotatable bonds is 9. The van der Waals surface area contributed by atoms with Gasteiger partial charge in [-0.25, -0.2) is 0 Å². The molecule has 17 heavy (non-hydrogen) atoms. The topological polar surface area (TPSA) is 0 Å². The number of hydrogen-bond donors (Lipinski definition) is 0. The van der Waals surface area contributed by atoms with Crippen molar-refractivity contribution in [3.05, 3.63) is 0 Å². The monoisotopic (exact) mass is 236 g/mol. The van der Waals surface area contributed by atoms with Crippen molar-refractivity contribution in [2.75, 3.05) is 0 Å². The Morgan fingerprint density at radius 1 is 0.882 bits per heavy atom. The summed E-state index contributed by atoms with van der Waals surface area (Å²) in [6.45, 7) is 4.65. The van der Waals surface area contributed by atoms with Crippen LogP contribution in [0.5, 0.6) is 0 Å². The first-order valence-electron chi connectivity index (χ1n) is 8.30. The minimum Gasteiger partial charge on any atom is -0.0654 e. The van der Waals surface area contributed by atoms with Gasteiger partial charge in [-0.2, -0.15) is 0 Å². The fraction of sp³-hybridized carbons (Fsp3) is 1.00. The second-order valence-electron chi connectivity index (χ2n) is 6.88. The first-order valence-corrected chi connectivity index (χ1v) is 8.30. The molecule has 0 aromatic heterocycles. The highest BCUT2D eigenvalue weighted by atomic mass is 14.6. The lowest BCUT2D eigenvalue weighted by atomic mass is 9.90. The molecule has 0 bridgehead atoms. The van der Waals surface area contributed by atoms with E-state index < -0.39 is 0 Å². The van der Waals surface area contributed by atoms with Crippen LogP contribution in [0.1, 0.15) is 90.9 Å². The van der Waals surface area contributed by atoms with Crippen molar-refractivity contribution in [1.29, 1.82) is 0 Å². The molecule has 2 rings (SSSR count). The first kappa shape index (κ1) is 13.4. The Hall–Kier alpha value is 0. The molecule has 0 aromatic rings. The SMILES string of the molecule is CCCCCCCC1CC2CC2(CCCC)C1. The van der Waals surface area contributed by atoms with Gasteiger partial charge in [0.05, 0.1) is 0 Å². The fourth-order valence-corrected chi connectivity index (χ4v) is 4.27. The molecule has 0 heterocycles. The van der Waals surface area contributed by atoms with Gasteiger partial charge in [0.25, 0.3) is 0 Å². The van der Waals surface area contributed by atoms with Crippen molar-refractivity contribution >= 4 is 0 Å². The normalized spacial score (nSPS) is 34.9. The van der Waals surface area contributed by atoms with E-state index in [0.717, 1.165) is 17.3 Å². The van der Waals surface area contributed by atoms with E-state index in [1.807, 2.05) is 0 Å². The third-order valence-corrected chi connectivity index (χ3v) is 5.42. The van der Waals surface area contributed by atoms with Crippen molar-refractivity contribution in [1.82, 2.24) is 0 Å². The van der Waals surface area contributed by atoms with Gasteiger partial charge in [0.2, 0.25) is 0 Å². The summed E-state index contributed by atoms with van der Waals surface area (Å²) in [6.07, 6.45) is 18.1. The Morgan fingerprint density at radius 2 is 1.65 bits per heavy atom. The third-order valence-electron chi connectivity index (χ3n) is 5.42. The average molecular weight is 236 g/mol. The van der Waals surface area contributed by atoms with E-state index in [1.54, 1.807) is 32.1 Å². The molecule has 0 radical (unpaired) electrons. The van der Waals surface area contributed by atoms with Crippen molar-refractivity contribution in [3.8, 4) is 0 Å². The predicted octanol–water partition coefficient (Wildman–Crippen LogP) is 5.95. The predicted molar refractivity (Wildman–Crippen MR) is 76.2 cm³/mol. The Labute approximate surface area is 109 Å².